The molecule has 19 heavy (non-hydrogen) atoms. The summed E-state index contributed by atoms with van der Waals surface area (Å²) in [5, 5.41) is 5.02. The number of rotatable bonds is 9. The largest absolute Gasteiger partial charge is 0.320 e. The second kappa shape index (κ2) is 7.96. The molecule has 1 aromatic rings. The molecule has 5 nitrogen and oxygen atoms in total. The minimum Gasteiger partial charge on any atom is -0.320 e. The van der Waals surface area contributed by atoms with Crippen molar-refractivity contribution in [2.45, 2.75) is 12.8 Å². The Kier molecular flexibility index (Phi) is 6.95. The third kappa shape index (κ3) is 5.19. The first-order valence-corrected chi connectivity index (χ1v) is 8.60. The predicted octanol–water partition coefficient (Wildman–Crippen LogP) is 1.01. The van der Waals surface area contributed by atoms with E-state index in [0.717, 1.165) is 19.4 Å². The quantitative estimate of drug-likeness (QED) is 0.693. The van der Waals surface area contributed by atoms with Crippen LogP contribution >= 0.6 is 11.3 Å². The molecule has 0 saturated carbocycles. The zero-order valence-electron chi connectivity index (χ0n) is 11.8. The van der Waals surface area contributed by atoms with E-state index < -0.39 is 10.2 Å². The Hall–Kier alpha value is -0.470. The van der Waals surface area contributed by atoms with Crippen molar-refractivity contribution in [3.63, 3.8) is 0 Å². The molecule has 0 spiro atoms. The molecule has 0 aliphatic carbocycles. The number of nitrogens with zero attached hydrogens (tertiary/aromatic N) is 2. The third-order valence-corrected chi connectivity index (χ3v) is 5.82. The van der Waals surface area contributed by atoms with Crippen LogP contribution in [0.15, 0.2) is 17.5 Å². The van der Waals surface area contributed by atoms with Crippen LogP contribution in [0, 0.1) is 0 Å². The van der Waals surface area contributed by atoms with Crippen molar-refractivity contribution in [3.05, 3.63) is 22.4 Å². The van der Waals surface area contributed by atoms with Crippen molar-refractivity contribution in [2.24, 2.45) is 0 Å². The van der Waals surface area contributed by atoms with Gasteiger partial charge in [0.15, 0.2) is 0 Å². The highest BCUT2D eigenvalue weighted by atomic mass is 32.2. The molecule has 0 fully saturated rings. The summed E-state index contributed by atoms with van der Waals surface area (Å²) in [6.07, 6.45) is 1.57. The first-order valence-electron chi connectivity index (χ1n) is 6.33. The Labute approximate surface area is 120 Å². The van der Waals surface area contributed by atoms with Gasteiger partial charge in [0.1, 0.15) is 0 Å². The van der Waals surface area contributed by atoms with Crippen molar-refractivity contribution < 1.29 is 8.42 Å². The van der Waals surface area contributed by atoms with Gasteiger partial charge in [-0.05, 0) is 37.9 Å². The van der Waals surface area contributed by atoms with Gasteiger partial charge in [0.05, 0.1) is 0 Å². The first kappa shape index (κ1) is 16.6. The summed E-state index contributed by atoms with van der Waals surface area (Å²) >= 11 is 1.66. The van der Waals surface area contributed by atoms with E-state index in [2.05, 4.69) is 5.32 Å². The lowest BCUT2D eigenvalue weighted by atomic mass is 10.3. The van der Waals surface area contributed by atoms with Crippen LogP contribution in [0.2, 0.25) is 0 Å². The van der Waals surface area contributed by atoms with E-state index >= 15 is 0 Å². The van der Waals surface area contributed by atoms with E-state index in [0.29, 0.717) is 13.1 Å². The summed E-state index contributed by atoms with van der Waals surface area (Å²) in [6, 6.07) is 4.01. The van der Waals surface area contributed by atoms with E-state index in [4.69, 9.17) is 0 Å². The van der Waals surface area contributed by atoms with Crippen LogP contribution in [-0.4, -0.2) is 57.8 Å². The minimum absolute atomic E-state index is 0.513. The van der Waals surface area contributed by atoms with Crippen LogP contribution < -0.4 is 5.32 Å². The lowest BCUT2D eigenvalue weighted by molar-refractivity contribution is 0.389. The summed E-state index contributed by atoms with van der Waals surface area (Å²) in [5.74, 6) is 0. The van der Waals surface area contributed by atoms with Crippen molar-refractivity contribution >= 4 is 21.5 Å². The zero-order chi connectivity index (χ0) is 14.3. The van der Waals surface area contributed by atoms with Gasteiger partial charge in [-0.2, -0.15) is 17.0 Å². The average molecular weight is 305 g/mol. The molecule has 1 rings (SSSR count). The van der Waals surface area contributed by atoms with Gasteiger partial charge >= 0.3 is 0 Å². The Morgan fingerprint density at radius 1 is 1.26 bits per heavy atom. The Bertz CT molecular complexity index is 446. The number of likely N-dealkylation sites (N-methyl/N-ethyl adjacent to an activating group) is 1. The average Bonchev–Trinajstić information content (AvgIpc) is 2.89. The lowest BCUT2D eigenvalue weighted by Crippen LogP contribution is -2.41. The highest BCUT2D eigenvalue weighted by Crippen LogP contribution is 2.11. The topological polar surface area (TPSA) is 52.7 Å². The van der Waals surface area contributed by atoms with Gasteiger partial charge in [0.25, 0.3) is 10.2 Å². The van der Waals surface area contributed by atoms with Gasteiger partial charge in [-0.25, -0.2) is 0 Å². The van der Waals surface area contributed by atoms with Crippen molar-refractivity contribution in [3.8, 4) is 0 Å². The number of thiophene rings is 1. The maximum absolute atomic E-state index is 12.2. The lowest BCUT2D eigenvalue weighted by Gasteiger charge is -2.24. The van der Waals surface area contributed by atoms with E-state index in [1.54, 1.807) is 25.4 Å². The summed E-state index contributed by atoms with van der Waals surface area (Å²) < 4.78 is 27.3. The fourth-order valence-electron chi connectivity index (χ4n) is 1.67. The van der Waals surface area contributed by atoms with Gasteiger partial charge in [0.2, 0.25) is 0 Å². The summed E-state index contributed by atoms with van der Waals surface area (Å²) in [4.78, 5) is 1.21. The molecule has 0 atom stereocenters. The maximum Gasteiger partial charge on any atom is 0.281 e. The van der Waals surface area contributed by atoms with Crippen molar-refractivity contribution in [1.29, 1.82) is 0 Å². The van der Waals surface area contributed by atoms with E-state index in [1.807, 2.05) is 24.6 Å². The van der Waals surface area contributed by atoms with Crippen LogP contribution in [0.3, 0.4) is 0 Å². The molecule has 0 aromatic carbocycles. The number of hydrogen-bond donors (Lipinski definition) is 1. The highest BCUT2D eigenvalue weighted by Gasteiger charge is 2.22. The maximum atomic E-state index is 12.2. The number of nitrogens with one attached hydrogen (secondary N) is 1. The summed E-state index contributed by atoms with van der Waals surface area (Å²) in [6.45, 7) is 1.87. The molecule has 0 amide bonds. The van der Waals surface area contributed by atoms with Crippen LogP contribution in [0.1, 0.15) is 11.3 Å². The minimum atomic E-state index is -3.33. The van der Waals surface area contributed by atoms with Gasteiger partial charge < -0.3 is 5.32 Å². The van der Waals surface area contributed by atoms with E-state index in [9.17, 15) is 8.42 Å². The van der Waals surface area contributed by atoms with Gasteiger partial charge in [-0.15, -0.1) is 11.3 Å². The Morgan fingerprint density at radius 3 is 2.53 bits per heavy atom. The molecule has 1 heterocycles. The van der Waals surface area contributed by atoms with Crippen molar-refractivity contribution in [1.82, 2.24) is 13.9 Å². The normalized spacial score (nSPS) is 12.5. The molecule has 0 saturated heterocycles. The second-order valence-electron chi connectivity index (χ2n) is 4.44. The molecule has 0 aliphatic heterocycles. The molecule has 110 valence electrons. The highest BCUT2D eigenvalue weighted by molar-refractivity contribution is 7.86. The van der Waals surface area contributed by atoms with Crippen LogP contribution in [0.4, 0.5) is 0 Å². The smallest absolute Gasteiger partial charge is 0.281 e. The van der Waals surface area contributed by atoms with Gasteiger partial charge in [-0.1, -0.05) is 6.07 Å². The van der Waals surface area contributed by atoms with E-state index in [-0.39, 0.29) is 0 Å². The molecule has 0 bridgehead atoms. The van der Waals surface area contributed by atoms with Crippen molar-refractivity contribution in [2.75, 3.05) is 40.8 Å². The predicted molar refractivity (Wildman–Crippen MR) is 80.7 cm³/mol. The van der Waals surface area contributed by atoms with Gasteiger partial charge in [0, 0.05) is 32.1 Å². The summed E-state index contributed by atoms with van der Waals surface area (Å²) in [7, 11) is 1.80. The first-order chi connectivity index (χ1) is 8.98. The van der Waals surface area contributed by atoms with Crippen LogP contribution in [0.5, 0.6) is 0 Å². The molecule has 1 aromatic heterocycles. The van der Waals surface area contributed by atoms with Crippen LogP contribution in [-0.2, 0) is 16.6 Å². The van der Waals surface area contributed by atoms with E-state index in [1.165, 1.54) is 13.5 Å². The van der Waals surface area contributed by atoms with Crippen LogP contribution in [0.25, 0.3) is 0 Å². The molecule has 0 unspecified atom stereocenters. The Balaban J connectivity index is 2.46. The Morgan fingerprint density at radius 2 is 1.95 bits per heavy atom. The fourth-order valence-corrected chi connectivity index (χ4v) is 3.53. The monoisotopic (exact) mass is 305 g/mol. The second-order valence-corrected chi connectivity index (χ2v) is 7.61. The third-order valence-electron chi connectivity index (χ3n) is 2.94. The summed E-state index contributed by atoms with van der Waals surface area (Å²) in [5.41, 5.74) is 0. The molecule has 7 heteroatoms. The zero-order valence-corrected chi connectivity index (χ0v) is 13.4. The molecular weight excluding hydrogens is 282 g/mol. The molecule has 0 radical (unpaired) electrons. The standard InChI is InChI=1S/C12H23N3O2S2/c1-13-8-5-9-14(2)19(16,17)15(3)10-7-12-6-4-11-18-12/h4,6,11,13H,5,7-10H2,1-3H3. The molecular formula is C12H23N3O2S2. The number of hydrogen-bond acceptors (Lipinski definition) is 4. The molecule has 1 N–H and O–H groups in total. The fraction of sp³-hybridized carbons (Fsp3) is 0.667. The SMILES string of the molecule is CNCCCN(C)S(=O)(=O)N(C)CCc1cccs1. The van der Waals surface area contributed by atoms with Gasteiger partial charge in [-0.3, -0.25) is 0 Å². The molecule has 0 aliphatic rings.